The topological polar surface area (TPSA) is 27.7 Å². The van der Waals surface area contributed by atoms with E-state index in [2.05, 4.69) is 115 Å². The fourth-order valence-corrected chi connectivity index (χ4v) is 11.7. The average Bonchev–Trinajstić information content (AvgIpc) is 2.88. The molecular formula is C27H28O3Si2. The Balaban J connectivity index is 1.89. The van der Waals surface area contributed by atoms with Crippen molar-refractivity contribution in [2.45, 2.75) is 0 Å². The largest absolute Gasteiger partial charge is 0.424 e. The van der Waals surface area contributed by atoms with Gasteiger partial charge in [0.25, 0.3) is 8.32 Å². The first kappa shape index (κ1) is 22.4. The predicted octanol–water partition coefficient (Wildman–Crippen LogP) is 2.46. The van der Waals surface area contributed by atoms with E-state index in [-0.39, 0.29) is 0 Å². The maximum atomic E-state index is 7.33. The third kappa shape index (κ3) is 4.98. The Kier molecular flexibility index (Phi) is 7.82. The molecule has 0 aliphatic carbocycles. The molecule has 0 aliphatic heterocycles. The Morgan fingerprint density at radius 2 is 0.969 bits per heavy atom. The lowest BCUT2D eigenvalue weighted by molar-refractivity contribution is 0.138. The molecule has 1 atom stereocenters. The zero-order valence-corrected chi connectivity index (χ0v) is 20.4. The van der Waals surface area contributed by atoms with Gasteiger partial charge in [-0.1, -0.05) is 121 Å². The second kappa shape index (κ2) is 11.2. The van der Waals surface area contributed by atoms with Gasteiger partial charge in [-0.25, -0.2) is 0 Å². The van der Waals surface area contributed by atoms with E-state index in [4.69, 9.17) is 13.3 Å². The van der Waals surface area contributed by atoms with E-state index in [1.807, 2.05) is 6.07 Å². The number of ether oxygens (including phenoxy) is 1. The van der Waals surface area contributed by atoms with Crippen molar-refractivity contribution < 1.29 is 13.3 Å². The lowest BCUT2D eigenvalue weighted by Crippen LogP contribution is -2.72. The Bertz CT molecular complexity index is 964. The van der Waals surface area contributed by atoms with Crippen LogP contribution in [0.1, 0.15) is 0 Å². The van der Waals surface area contributed by atoms with Crippen molar-refractivity contribution in [3.8, 4) is 0 Å². The summed E-state index contributed by atoms with van der Waals surface area (Å²) in [6, 6.07) is 42.2. The summed E-state index contributed by atoms with van der Waals surface area (Å²) in [4.78, 5) is 0. The number of methoxy groups -OCH3 is 1. The van der Waals surface area contributed by atoms with Gasteiger partial charge >= 0.3 is 9.28 Å². The Hall–Kier alpha value is -2.81. The average molecular weight is 457 g/mol. The predicted molar refractivity (Wildman–Crippen MR) is 136 cm³/mol. The van der Waals surface area contributed by atoms with Crippen molar-refractivity contribution in [1.82, 2.24) is 0 Å². The number of hydrogen-bond acceptors (Lipinski definition) is 3. The van der Waals surface area contributed by atoms with Crippen molar-refractivity contribution in [3.63, 3.8) is 0 Å². The molecular weight excluding hydrogens is 428 g/mol. The van der Waals surface area contributed by atoms with Gasteiger partial charge in [0, 0.05) is 7.11 Å². The van der Waals surface area contributed by atoms with Crippen LogP contribution in [-0.4, -0.2) is 37.9 Å². The molecule has 0 saturated carbocycles. The van der Waals surface area contributed by atoms with E-state index < -0.39 is 17.6 Å². The van der Waals surface area contributed by atoms with Crippen molar-refractivity contribution in [2.75, 3.05) is 20.3 Å². The SMILES string of the molecule is COCCO[SiH](O[Si](c1ccccc1)(c1ccccc1)c1ccccc1)c1ccccc1. The monoisotopic (exact) mass is 456 g/mol. The zero-order valence-electron chi connectivity index (χ0n) is 18.3. The summed E-state index contributed by atoms with van der Waals surface area (Å²) in [6.07, 6.45) is 0. The van der Waals surface area contributed by atoms with Crippen molar-refractivity contribution in [3.05, 3.63) is 121 Å². The first-order valence-corrected chi connectivity index (χ1v) is 14.3. The molecule has 0 bridgehead atoms. The highest BCUT2D eigenvalue weighted by Crippen LogP contribution is 2.12. The highest BCUT2D eigenvalue weighted by molar-refractivity contribution is 7.09. The summed E-state index contributed by atoms with van der Waals surface area (Å²) in [5.41, 5.74) is 0. The van der Waals surface area contributed by atoms with Gasteiger partial charge < -0.3 is 13.3 Å². The summed E-state index contributed by atoms with van der Waals surface area (Å²) in [6.45, 7) is 1.04. The molecule has 162 valence electrons. The van der Waals surface area contributed by atoms with Gasteiger partial charge in [-0.15, -0.1) is 0 Å². The van der Waals surface area contributed by atoms with Gasteiger partial charge in [-0.3, -0.25) is 0 Å². The van der Waals surface area contributed by atoms with Gasteiger partial charge in [0.15, 0.2) is 0 Å². The summed E-state index contributed by atoms with van der Waals surface area (Å²) in [7, 11) is -3.42. The van der Waals surface area contributed by atoms with Crippen molar-refractivity contribution >= 4 is 38.3 Å². The van der Waals surface area contributed by atoms with Gasteiger partial charge in [0.05, 0.1) is 13.2 Å². The fourth-order valence-electron chi connectivity index (χ4n) is 3.93. The molecule has 0 fully saturated rings. The minimum atomic E-state index is -2.83. The minimum Gasteiger partial charge on any atom is -0.424 e. The van der Waals surface area contributed by atoms with Crippen molar-refractivity contribution in [1.29, 1.82) is 0 Å². The number of benzene rings is 4. The van der Waals surface area contributed by atoms with Crippen LogP contribution < -0.4 is 20.7 Å². The van der Waals surface area contributed by atoms with Crippen LogP contribution in [0.15, 0.2) is 121 Å². The van der Waals surface area contributed by atoms with E-state index in [1.54, 1.807) is 7.11 Å². The third-order valence-corrected chi connectivity index (χ3v) is 12.6. The van der Waals surface area contributed by atoms with E-state index in [0.717, 1.165) is 5.19 Å². The second-order valence-corrected chi connectivity index (χ2v) is 13.2. The van der Waals surface area contributed by atoms with Crippen LogP contribution in [0, 0.1) is 0 Å². The van der Waals surface area contributed by atoms with E-state index in [1.165, 1.54) is 15.6 Å². The first-order chi connectivity index (χ1) is 15.8. The van der Waals surface area contributed by atoms with Crippen LogP contribution in [0.4, 0.5) is 0 Å². The van der Waals surface area contributed by atoms with Crippen LogP contribution in [0.2, 0.25) is 0 Å². The summed E-state index contributed by atoms with van der Waals surface area (Å²) >= 11 is 0. The van der Waals surface area contributed by atoms with E-state index in [0.29, 0.717) is 13.2 Å². The normalized spacial score (nSPS) is 12.4. The molecule has 0 radical (unpaired) electrons. The summed E-state index contributed by atoms with van der Waals surface area (Å²) in [5.74, 6) is 0. The number of rotatable bonds is 10. The second-order valence-electron chi connectivity index (χ2n) is 7.50. The molecule has 32 heavy (non-hydrogen) atoms. The molecule has 0 heterocycles. The van der Waals surface area contributed by atoms with E-state index in [9.17, 15) is 0 Å². The Morgan fingerprint density at radius 1 is 0.562 bits per heavy atom. The molecule has 5 heteroatoms. The number of hydrogen-bond donors (Lipinski definition) is 0. The molecule has 0 amide bonds. The summed E-state index contributed by atoms with van der Waals surface area (Å²) in [5, 5.41) is 4.76. The molecule has 4 aromatic carbocycles. The Labute approximate surface area is 193 Å². The van der Waals surface area contributed by atoms with Crippen LogP contribution in [0.25, 0.3) is 0 Å². The molecule has 4 rings (SSSR count). The molecule has 0 saturated heterocycles. The Morgan fingerprint density at radius 3 is 1.38 bits per heavy atom. The molecule has 0 N–H and O–H groups in total. The summed E-state index contributed by atoms with van der Waals surface area (Å²) < 4.78 is 19.0. The van der Waals surface area contributed by atoms with E-state index >= 15 is 0 Å². The maximum Gasteiger partial charge on any atom is 0.346 e. The third-order valence-electron chi connectivity index (χ3n) is 5.45. The smallest absolute Gasteiger partial charge is 0.346 e. The minimum absolute atomic E-state index is 0.505. The maximum absolute atomic E-state index is 7.33. The lowest BCUT2D eigenvalue weighted by atomic mass is 10.3. The molecule has 4 aromatic rings. The standard InChI is InChI=1S/C27H28O3Si2/c1-28-22-23-29-31(24-14-6-2-7-15-24)30-32(25-16-8-3-9-17-25,26-18-10-4-11-19-26)27-20-12-5-13-21-27/h2-21,31H,22-23H2,1H3. The van der Waals surface area contributed by atoms with Gasteiger partial charge in [-0.05, 0) is 20.7 Å². The van der Waals surface area contributed by atoms with Crippen LogP contribution in [0.3, 0.4) is 0 Å². The van der Waals surface area contributed by atoms with Gasteiger partial charge in [-0.2, -0.15) is 0 Å². The first-order valence-electron chi connectivity index (χ1n) is 10.8. The van der Waals surface area contributed by atoms with Crippen LogP contribution in [0.5, 0.6) is 0 Å². The van der Waals surface area contributed by atoms with Gasteiger partial charge in [0.1, 0.15) is 0 Å². The van der Waals surface area contributed by atoms with Crippen molar-refractivity contribution in [2.24, 2.45) is 0 Å². The molecule has 0 aliphatic rings. The van der Waals surface area contributed by atoms with Crippen LogP contribution >= 0.6 is 0 Å². The molecule has 1 unspecified atom stereocenters. The highest BCUT2D eigenvalue weighted by Gasteiger charge is 2.44. The molecule has 3 nitrogen and oxygen atoms in total. The zero-order chi connectivity index (χ0) is 22.1. The molecule has 0 spiro atoms. The van der Waals surface area contributed by atoms with Crippen LogP contribution in [-0.2, 0) is 13.3 Å². The fraction of sp³-hybridized carbons (Fsp3) is 0.111. The molecule has 0 aromatic heterocycles. The van der Waals surface area contributed by atoms with Gasteiger partial charge in [0.2, 0.25) is 0 Å². The highest BCUT2D eigenvalue weighted by atomic mass is 28.4. The quantitative estimate of drug-likeness (QED) is 0.208. The lowest BCUT2D eigenvalue weighted by Gasteiger charge is -2.36.